The highest BCUT2D eigenvalue weighted by molar-refractivity contribution is 7.13. The van der Waals surface area contributed by atoms with Crippen molar-refractivity contribution < 1.29 is 4.79 Å². The molecular weight excluding hydrogens is 382 g/mol. The Balaban J connectivity index is 1.71. The molecule has 1 aromatic carbocycles. The van der Waals surface area contributed by atoms with Crippen LogP contribution in [-0.4, -0.2) is 31.5 Å². The Hall–Kier alpha value is -2.85. The predicted molar refractivity (Wildman–Crippen MR) is 117 cm³/mol. The van der Waals surface area contributed by atoms with Gasteiger partial charge in [-0.2, -0.15) is 5.26 Å². The van der Waals surface area contributed by atoms with Crippen LogP contribution in [0.1, 0.15) is 45.8 Å². The molecule has 3 N–H and O–H groups in total. The van der Waals surface area contributed by atoms with E-state index in [4.69, 9.17) is 5.26 Å². The van der Waals surface area contributed by atoms with Crippen LogP contribution in [0.15, 0.2) is 47.5 Å². The van der Waals surface area contributed by atoms with E-state index in [9.17, 15) is 4.79 Å². The van der Waals surface area contributed by atoms with Gasteiger partial charge in [-0.3, -0.25) is 4.79 Å². The monoisotopic (exact) mass is 409 g/mol. The Labute approximate surface area is 176 Å². The third kappa shape index (κ3) is 5.15. The zero-order chi connectivity index (χ0) is 20.7. The summed E-state index contributed by atoms with van der Waals surface area (Å²) >= 11 is 1.52. The van der Waals surface area contributed by atoms with Crippen LogP contribution >= 0.6 is 11.3 Å². The summed E-state index contributed by atoms with van der Waals surface area (Å²) in [6.45, 7) is 2.63. The molecule has 2 aromatic rings. The van der Waals surface area contributed by atoms with Crippen LogP contribution in [0.25, 0.3) is 0 Å². The summed E-state index contributed by atoms with van der Waals surface area (Å²) in [6, 6.07) is 14.6. The Bertz CT molecular complexity index is 891. The first kappa shape index (κ1) is 20.9. The molecule has 1 aliphatic carbocycles. The highest BCUT2D eigenvalue weighted by Crippen LogP contribution is 2.39. The second-order valence-electron chi connectivity index (χ2n) is 7.47. The van der Waals surface area contributed by atoms with E-state index in [-0.39, 0.29) is 17.4 Å². The summed E-state index contributed by atoms with van der Waals surface area (Å²) in [5, 5.41) is 18.2. The minimum absolute atomic E-state index is 0.00252. The maximum Gasteiger partial charge on any atom is 0.261 e. The van der Waals surface area contributed by atoms with Crippen molar-refractivity contribution in [3.05, 3.63) is 57.8 Å². The minimum atomic E-state index is -0.0897. The number of thiophene rings is 1. The quantitative estimate of drug-likeness (QED) is 0.401. The van der Waals surface area contributed by atoms with Gasteiger partial charge in [0.1, 0.15) is 0 Å². The summed E-state index contributed by atoms with van der Waals surface area (Å²) in [6.07, 6.45) is 5.59. The van der Waals surface area contributed by atoms with Gasteiger partial charge in [0.15, 0.2) is 0 Å². The molecule has 7 heteroatoms. The number of carbonyl (C=O) groups is 1. The third-order valence-corrected chi connectivity index (χ3v) is 6.62. The molecule has 1 aliphatic rings. The normalized spacial score (nSPS) is 21.8. The van der Waals surface area contributed by atoms with E-state index < -0.39 is 0 Å². The molecule has 3 rings (SSSR count). The van der Waals surface area contributed by atoms with Crippen molar-refractivity contribution in [2.24, 2.45) is 4.99 Å². The fourth-order valence-electron chi connectivity index (χ4n) is 3.97. The van der Waals surface area contributed by atoms with Crippen LogP contribution in [0.5, 0.6) is 0 Å². The van der Waals surface area contributed by atoms with Gasteiger partial charge in [-0.1, -0.05) is 30.3 Å². The first-order chi connectivity index (χ1) is 14.1. The van der Waals surface area contributed by atoms with Crippen molar-refractivity contribution in [1.29, 1.82) is 5.26 Å². The van der Waals surface area contributed by atoms with Gasteiger partial charge in [-0.05, 0) is 50.3 Å². The maximum atomic E-state index is 12.6. The first-order valence-corrected chi connectivity index (χ1v) is 10.7. The lowest BCUT2D eigenvalue weighted by atomic mass is 9.68. The van der Waals surface area contributed by atoms with Gasteiger partial charge in [-0.15, -0.1) is 16.3 Å². The van der Waals surface area contributed by atoms with Crippen molar-refractivity contribution in [1.82, 2.24) is 16.0 Å². The van der Waals surface area contributed by atoms with E-state index in [0.29, 0.717) is 12.5 Å². The Morgan fingerprint density at radius 1 is 1.24 bits per heavy atom. The second-order valence-corrected chi connectivity index (χ2v) is 8.76. The van der Waals surface area contributed by atoms with Crippen LogP contribution in [0, 0.1) is 18.4 Å². The molecule has 1 amide bonds. The van der Waals surface area contributed by atoms with E-state index in [1.54, 1.807) is 7.05 Å². The molecule has 0 unspecified atom stereocenters. The molecule has 1 saturated carbocycles. The molecule has 152 valence electrons. The SMILES string of the molecule is CN/C(=N\C#N)N[C@H]1CC[C@](CNC(=O)c2ccc(C)s2)(c2ccccc2)CC1. The van der Waals surface area contributed by atoms with Gasteiger partial charge in [0.05, 0.1) is 4.88 Å². The molecule has 0 spiro atoms. The lowest BCUT2D eigenvalue weighted by Crippen LogP contribution is -2.49. The molecule has 29 heavy (non-hydrogen) atoms. The van der Waals surface area contributed by atoms with Crippen LogP contribution in [0.3, 0.4) is 0 Å². The van der Waals surface area contributed by atoms with Gasteiger partial charge in [0.2, 0.25) is 12.2 Å². The number of nitriles is 1. The average molecular weight is 410 g/mol. The lowest BCUT2D eigenvalue weighted by Gasteiger charge is -2.41. The standard InChI is InChI=1S/C22H27N5OS/c1-16-8-9-19(29-16)20(28)25-14-22(17-6-4-3-5-7-17)12-10-18(11-13-22)27-21(24-2)26-15-23/h3-9,18H,10-14H2,1-2H3,(H,25,28)(H2,24,26,27)/t18-,22-. The van der Waals surface area contributed by atoms with Crippen molar-refractivity contribution in [2.75, 3.05) is 13.6 Å². The average Bonchev–Trinajstić information content (AvgIpc) is 3.20. The Morgan fingerprint density at radius 3 is 2.55 bits per heavy atom. The number of aliphatic imine (C=N–C) groups is 1. The van der Waals surface area contributed by atoms with E-state index >= 15 is 0 Å². The van der Waals surface area contributed by atoms with Crippen molar-refractivity contribution in [3.8, 4) is 6.19 Å². The number of rotatable bonds is 5. The largest absolute Gasteiger partial charge is 0.359 e. The molecule has 1 aromatic heterocycles. The number of benzene rings is 1. The topological polar surface area (TPSA) is 89.3 Å². The van der Waals surface area contributed by atoms with Gasteiger partial charge in [0.25, 0.3) is 5.91 Å². The number of hydrogen-bond donors (Lipinski definition) is 3. The number of nitrogens with zero attached hydrogens (tertiary/aromatic N) is 2. The van der Waals surface area contributed by atoms with E-state index in [2.05, 4.69) is 45.2 Å². The molecule has 1 fully saturated rings. The van der Waals surface area contributed by atoms with Gasteiger partial charge in [0, 0.05) is 29.9 Å². The molecule has 0 radical (unpaired) electrons. The number of amides is 1. The highest BCUT2D eigenvalue weighted by Gasteiger charge is 2.37. The summed E-state index contributed by atoms with van der Waals surface area (Å²) < 4.78 is 0. The van der Waals surface area contributed by atoms with Crippen LogP contribution in [-0.2, 0) is 5.41 Å². The number of carbonyl (C=O) groups excluding carboxylic acids is 1. The minimum Gasteiger partial charge on any atom is -0.359 e. The third-order valence-electron chi connectivity index (χ3n) is 5.62. The predicted octanol–water partition coefficient (Wildman–Crippen LogP) is 3.31. The van der Waals surface area contributed by atoms with Crippen molar-refractivity contribution in [2.45, 2.75) is 44.1 Å². The summed E-state index contributed by atoms with van der Waals surface area (Å²) in [7, 11) is 1.75. The lowest BCUT2D eigenvalue weighted by molar-refractivity contribution is 0.0939. The zero-order valence-electron chi connectivity index (χ0n) is 16.9. The summed E-state index contributed by atoms with van der Waals surface area (Å²) in [4.78, 5) is 18.3. The van der Waals surface area contributed by atoms with E-state index in [0.717, 1.165) is 35.4 Å². The number of hydrogen-bond acceptors (Lipinski definition) is 4. The number of guanidine groups is 1. The van der Waals surface area contributed by atoms with Gasteiger partial charge >= 0.3 is 0 Å². The molecule has 0 atom stereocenters. The summed E-state index contributed by atoms with van der Waals surface area (Å²) in [5.74, 6) is 0.503. The second kappa shape index (κ2) is 9.57. The molecule has 0 saturated heterocycles. The molecule has 0 bridgehead atoms. The first-order valence-electron chi connectivity index (χ1n) is 9.87. The van der Waals surface area contributed by atoms with Crippen LogP contribution < -0.4 is 16.0 Å². The smallest absolute Gasteiger partial charge is 0.261 e. The van der Waals surface area contributed by atoms with Crippen molar-refractivity contribution in [3.63, 3.8) is 0 Å². The van der Waals surface area contributed by atoms with Crippen LogP contribution in [0.2, 0.25) is 0 Å². The van der Waals surface area contributed by atoms with Gasteiger partial charge < -0.3 is 16.0 Å². The van der Waals surface area contributed by atoms with Gasteiger partial charge in [-0.25, -0.2) is 0 Å². The molecule has 1 heterocycles. The molecule has 0 aliphatic heterocycles. The van der Waals surface area contributed by atoms with Crippen LogP contribution in [0.4, 0.5) is 0 Å². The molecule has 6 nitrogen and oxygen atoms in total. The molecular formula is C22H27N5OS. The fraction of sp³-hybridized carbons (Fsp3) is 0.409. The zero-order valence-corrected chi connectivity index (χ0v) is 17.7. The number of nitrogens with one attached hydrogen (secondary N) is 3. The van der Waals surface area contributed by atoms with Crippen molar-refractivity contribution >= 4 is 23.2 Å². The Morgan fingerprint density at radius 2 is 1.97 bits per heavy atom. The highest BCUT2D eigenvalue weighted by atomic mass is 32.1. The number of aryl methyl sites for hydroxylation is 1. The fourth-order valence-corrected chi connectivity index (χ4v) is 4.75. The Kier molecular flexibility index (Phi) is 6.89. The van der Waals surface area contributed by atoms with E-state index in [1.807, 2.05) is 31.3 Å². The summed E-state index contributed by atoms with van der Waals surface area (Å²) in [5.41, 5.74) is 1.17. The maximum absolute atomic E-state index is 12.6. The van der Waals surface area contributed by atoms with E-state index in [1.165, 1.54) is 16.9 Å².